The van der Waals surface area contributed by atoms with Crippen molar-refractivity contribution in [1.82, 2.24) is 25.0 Å². The van der Waals surface area contributed by atoms with Gasteiger partial charge in [0.05, 0.1) is 25.7 Å². The van der Waals surface area contributed by atoms with Gasteiger partial charge in [0.2, 0.25) is 11.1 Å². The molecule has 0 aliphatic heterocycles. The Kier molecular flexibility index (Phi) is 5.53. The Morgan fingerprint density at radius 2 is 1.97 bits per heavy atom. The fraction of sp³-hybridized carbons (Fsp3) is 0.211. The van der Waals surface area contributed by atoms with Crippen molar-refractivity contribution in [2.45, 2.75) is 12.1 Å². The van der Waals surface area contributed by atoms with Gasteiger partial charge in [0, 0.05) is 11.6 Å². The van der Waals surface area contributed by atoms with Crippen LogP contribution in [0.1, 0.15) is 5.76 Å². The molecular formula is C19H18N6O4S. The number of aryl methyl sites for hydroxylation is 1. The molecule has 1 N–H and O–H groups in total. The van der Waals surface area contributed by atoms with Crippen molar-refractivity contribution in [3.63, 3.8) is 0 Å². The molecule has 3 aromatic heterocycles. The third kappa shape index (κ3) is 4.06. The fourth-order valence-corrected chi connectivity index (χ4v) is 3.43. The van der Waals surface area contributed by atoms with Crippen LogP contribution in [0.3, 0.4) is 0 Å². The summed E-state index contributed by atoms with van der Waals surface area (Å²) in [7, 11) is 3.17. The molecular weight excluding hydrogens is 408 g/mol. The van der Waals surface area contributed by atoms with Crippen LogP contribution in [-0.2, 0) is 4.79 Å². The number of carbonyl (C=O) groups excluding carboxylic acids is 1. The number of nitrogens with one attached hydrogen (secondary N) is 1. The van der Waals surface area contributed by atoms with E-state index in [0.717, 1.165) is 5.56 Å². The number of rotatable bonds is 7. The van der Waals surface area contributed by atoms with Crippen molar-refractivity contribution in [2.75, 3.05) is 25.3 Å². The zero-order chi connectivity index (χ0) is 21.1. The second-order valence-electron chi connectivity index (χ2n) is 6.20. The second-order valence-corrected chi connectivity index (χ2v) is 7.14. The molecule has 154 valence electrons. The zero-order valence-electron chi connectivity index (χ0n) is 16.4. The highest BCUT2D eigenvalue weighted by Crippen LogP contribution is 2.31. The van der Waals surface area contributed by atoms with Gasteiger partial charge in [0.25, 0.3) is 0 Å². The van der Waals surface area contributed by atoms with Crippen molar-refractivity contribution in [3.8, 4) is 22.8 Å². The van der Waals surface area contributed by atoms with Gasteiger partial charge in [-0.1, -0.05) is 16.9 Å². The third-order valence-corrected chi connectivity index (χ3v) is 5.06. The van der Waals surface area contributed by atoms with E-state index in [4.69, 9.17) is 14.0 Å². The van der Waals surface area contributed by atoms with Crippen molar-refractivity contribution in [3.05, 3.63) is 42.2 Å². The van der Waals surface area contributed by atoms with Crippen LogP contribution < -0.4 is 14.8 Å². The Hall–Kier alpha value is -3.60. The molecule has 4 rings (SSSR count). The number of ether oxygens (including phenoxy) is 2. The SMILES string of the molecule is COc1ccc(-c2ccc3nnc(SCC(=O)Nc4cc(C)on4)n3n2)cc1OC. The van der Waals surface area contributed by atoms with Gasteiger partial charge < -0.3 is 19.3 Å². The molecule has 1 amide bonds. The molecule has 0 saturated heterocycles. The number of benzene rings is 1. The molecule has 0 saturated carbocycles. The second kappa shape index (κ2) is 8.41. The summed E-state index contributed by atoms with van der Waals surface area (Å²) in [5.74, 6) is 2.12. The third-order valence-electron chi connectivity index (χ3n) is 4.14. The summed E-state index contributed by atoms with van der Waals surface area (Å²) in [6.45, 7) is 1.75. The van der Waals surface area contributed by atoms with Gasteiger partial charge in [-0.15, -0.1) is 10.2 Å². The first-order valence-electron chi connectivity index (χ1n) is 8.88. The van der Waals surface area contributed by atoms with E-state index >= 15 is 0 Å². The minimum absolute atomic E-state index is 0.120. The lowest BCUT2D eigenvalue weighted by Crippen LogP contribution is -2.14. The molecule has 11 heteroatoms. The van der Waals surface area contributed by atoms with E-state index in [-0.39, 0.29) is 11.7 Å². The highest BCUT2D eigenvalue weighted by atomic mass is 32.2. The van der Waals surface area contributed by atoms with Crippen molar-refractivity contribution in [1.29, 1.82) is 0 Å². The summed E-state index contributed by atoms with van der Waals surface area (Å²) in [4.78, 5) is 12.2. The normalized spacial score (nSPS) is 10.9. The van der Waals surface area contributed by atoms with Gasteiger partial charge in [-0.2, -0.15) is 9.61 Å². The number of anilines is 1. The van der Waals surface area contributed by atoms with Gasteiger partial charge in [0.15, 0.2) is 23.0 Å². The largest absolute Gasteiger partial charge is 0.493 e. The maximum absolute atomic E-state index is 12.2. The molecule has 3 heterocycles. The summed E-state index contributed by atoms with van der Waals surface area (Å²) in [6.07, 6.45) is 0. The lowest BCUT2D eigenvalue weighted by molar-refractivity contribution is -0.113. The van der Waals surface area contributed by atoms with E-state index < -0.39 is 0 Å². The quantitative estimate of drug-likeness (QED) is 0.445. The summed E-state index contributed by atoms with van der Waals surface area (Å²) < 4.78 is 17.2. The van der Waals surface area contributed by atoms with Crippen LogP contribution in [0.4, 0.5) is 5.82 Å². The summed E-state index contributed by atoms with van der Waals surface area (Å²) >= 11 is 1.22. The Morgan fingerprint density at radius 1 is 1.13 bits per heavy atom. The van der Waals surface area contributed by atoms with Gasteiger partial charge in [-0.05, 0) is 37.3 Å². The van der Waals surface area contributed by atoms with Crippen LogP contribution in [0, 0.1) is 6.92 Å². The van der Waals surface area contributed by atoms with Crippen LogP contribution in [0.25, 0.3) is 16.9 Å². The molecule has 0 unspecified atom stereocenters. The minimum Gasteiger partial charge on any atom is -0.493 e. The zero-order valence-corrected chi connectivity index (χ0v) is 17.3. The molecule has 0 atom stereocenters. The van der Waals surface area contributed by atoms with E-state index in [2.05, 4.69) is 25.8 Å². The number of amides is 1. The first kappa shape index (κ1) is 19.7. The molecule has 0 fully saturated rings. The number of hydrogen-bond acceptors (Lipinski definition) is 9. The summed E-state index contributed by atoms with van der Waals surface area (Å²) in [5.41, 5.74) is 2.13. The number of methoxy groups -OCH3 is 2. The lowest BCUT2D eigenvalue weighted by Gasteiger charge is -2.09. The first-order valence-corrected chi connectivity index (χ1v) is 9.87. The molecule has 10 nitrogen and oxygen atoms in total. The number of aromatic nitrogens is 5. The highest BCUT2D eigenvalue weighted by molar-refractivity contribution is 7.99. The predicted molar refractivity (Wildman–Crippen MR) is 110 cm³/mol. The number of thioether (sulfide) groups is 1. The smallest absolute Gasteiger partial charge is 0.236 e. The maximum Gasteiger partial charge on any atom is 0.236 e. The van der Waals surface area contributed by atoms with E-state index in [1.807, 2.05) is 30.3 Å². The lowest BCUT2D eigenvalue weighted by atomic mass is 10.1. The molecule has 0 bridgehead atoms. The number of carbonyl (C=O) groups is 1. The Bertz CT molecular complexity index is 1200. The topological polar surface area (TPSA) is 117 Å². The first-order chi connectivity index (χ1) is 14.6. The molecule has 0 aliphatic rings. The van der Waals surface area contributed by atoms with Crippen LogP contribution >= 0.6 is 11.8 Å². The van der Waals surface area contributed by atoms with Crippen LogP contribution in [0.5, 0.6) is 11.5 Å². The van der Waals surface area contributed by atoms with Gasteiger partial charge >= 0.3 is 0 Å². The standard InChI is InChI=1S/C19H18N6O4S/c1-11-8-16(24-29-11)20-18(26)10-30-19-22-21-17-7-5-13(23-25(17)19)12-4-6-14(27-2)15(9-12)28-3/h4-9H,10H2,1-3H3,(H,20,24,26). The van der Waals surface area contributed by atoms with E-state index in [9.17, 15) is 4.79 Å². The average molecular weight is 426 g/mol. The summed E-state index contributed by atoms with van der Waals surface area (Å²) in [5, 5.41) is 19.8. The van der Waals surface area contributed by atoms with E-state index in [1.165, 1.54) is 11.8 Å². The van der Waals surface area contributed by atoms with Crippen LogP contribution in [0.2, 0.25) is 0 Å². The van der Waals surface area contributed by atoms with Crippen LogP contribution in [-0.4, -0.2) is 50.8 Å². The molecule has 0 spiro atoms. The Labute approximate surface area is 175 Å². The Morgan fingerprint density at radius 3 is 2.70 bits per heavy atom. The van der Waals surface area contributed by atoms with Gasteiger partial charge in [0.1, 0.15) is 5.76 Å². The van der Waals surface area contributed by atoms with E-state index in [1.54, 1.807) is 31.7 Å². The fourth-order valence-electron chi connectivity index (χ4n) is 2.74. The van der Waals surface area contributed by atoms with Crippen molar-refractivity contribution < 1.29 is 18.8 Å². The number of hydrogen-bond donors (Lipinski definition) is 1. The minimum atomic E-state index is -0.235. The van der Waals surface area contributed by atoms with E-state index in [0.29, 0.717) is 39.6 Å². The molecule has 1 aromatic carbocycles. The highest BCUT2D eigenvalue weighted by Gasteiger charge is 2.14. The average Bonchev–Trinajstić information content (AvgIpc) is 3.36. The molecule has 4 aromatic rings. The monoisotopic (exact) mass is 426 g/mol. The molecule has 0 aliphatic carbocycles. The molecule has 0 radical (unpaired) electrons. The maximum atomic E-state index is 12.2. The number of nitrogens with zero attached hydrogens (tertiary/aromatic N) is 5. The molecule has 30 heavy (non-hydrogen) atoms. The van der Waals surface area contributed by atoms with Crippen molar-refractivity contribution in [2.24, 2.45) is 0 Å². The van der Waals surface area contributed by atoms with Crippen molar-refractivity contribution >= 4 is 29.1 Å². The Balaban J connectivity index is 1.53. The van der Waals surface area contributed by atoms with Gasteiger partial charge in [-0.25, -0.2) is 0 Å². The summed E-state index contributed by atoms with van der Waals surface area (Å²) in [6, 6.07) is 10.9. The number of fused-ring (bicyclic) bond motifs is 1. The predicted octanol–water partition coefficient (Wildman–Crippen LogP) is 2.84. The van der Waals surface area contributed by atoms with Crippen LogP contribution in [0.15, 0.2) is 46.1 Å². The van der Waals surface area contributed by atoms with Gasteiger partial charge in [-0.3, -0.25) is 4.79 Å².